The molecule has 3 aromatic carbocycles. The lowest BCUT2D eigenvalue weighted by atomic mass is 9.93. The van der Waals surface area contributed by atoms with Crippen molar-refractivity contribution in [1.29, 1.82) is 0 Å². The number of allylic oxidation sites excluding steroid dienone is 1. The smallest absolute Gasteiger partial charge is 0.416 e. The Morgan fingerprint density at radius 2 is 1.77 bits per heavy atom. The summed E-state index contributed by atoms with van der Waals surface area (Å²) in [5, 5.41) is 9.42. The first-order valence-corrected chi connectivity index (χ1v) is 12.6. The second kappa shape index (κ2) is 10.6. The average Bonchev–Trinajstić information content (AvgIpc) is 3.54. The summed E-state index contributed by atoms with van der Waals surface area (Å²) in [7, 11) is 0. The summed E-state index contributed by atoms with van der Waals surface area (Å²) in [6, 6.07) is 14.7. The highest BCUT2D eigenvalue weighted by Gasteiger charge is 2.38. The highest BCUT2D eigenvalue weighted by molar-refractivity contribution is 5.99. The molecule has 1 aliphatic heterocycles. The summed E-state index contributed by atoms with van der Waals surface area (Å²) >= 11 is 0. The van der Waals surface area contributed by atoms with Gasteiger partial charge in [0.2, 0.25) is 5.91 Å². The van der Waals surface area contributed by atoms with Crippen molar-refractivity contribution in [3.63, 3.8) is 0 Å². The molecular formula is C30H25F4NO4. The van der Waals surface area contributed by atoms with E-state index in [0.29, 0.717) is 48.1 Å². The molecule has 5 nitrogen and oxygen atoms in total. The van der Waals surface area contributed by atoms with Gasteiger partial charge in [-0.3, -0.25) is 4.79 Å². The number of anilines is 1. The summed E-state index contributed by atoms with van der Waals surface area (Å²) < 4.78 is 60.4. The van der Waals surface area contributed by atoms with Gasteiger partial charge < -0.3 is 14.7 Å². The average molecular weight is 540 g/mol. The topological polar surface area (TPSA) is 66.8 Å². The quantitative estimate of drug-likeness (QED) is 0.321. The van der Waals surface area contributed by atoms with E-state index in [-0.39, 0.29) is 30.2 Å². The minimum atomic E-state index is -4.56. The number of nitrogens with zero attached hydrogens (tertiary/aromatic N) is 1. The summed E-state index contributed by atoms with van der Waals surface area (Å²) in [6.07, 6.45) is -2.04. The van der Waals surface area contributed by atoms with Crippen LogP contribution in [0.1, 0.15) is 59.2 Å². The SMILES string of the molecule is O=C(O)c1cccc(N2C(=O)CCC2C2=C(c3cc(C(F)(F)F)ccc3OCc3ccc(F)cc3)CCC2)c1. The first-order chi connectivity index (χ1) is 18.6. The molecule has 39 heavy (non-hydrogen) atoms. The molecule has 9 heteroatoms. The maximum Gasteiger partial charge on any atom is 0.416 e. The molecule has 0 radical (unpaired) electrons. The zero-order valence-corrected chi connectivity index (χ0v) is 20.8. The molecular weight excluding hydrogens is 514 g/mol. The minimum absolute atomic E-state index is 0.0390. The van der Waals surface area contributed by atoms with Gasteiger partial charge in [-0.2, -0.15) is 13.2 Å². The summed E-state index contributed by atoms with van der Waals surface area (Å²) in [5.74, 6) is -1.42. The van der Waals surface area contributed by atoms with Gasteiger partial charge in [0.15, 0.2) is 0 Å². The maximum absolute atomic E-state index is 13.7. The molecule has 0 spiro atoms. The molecule has 1 amide bonds. The molecule has 1 fully saturated rings. The number of aromatic carboxylic acids is 1. The van der Waals surface area contributed by atoms with Gasteiger partial charge in [0, 0.05) is 17.7 Å². The van der Waals surface area contributed by atoms with E-state index in [1.165, 1.54) is 30.3 Å². The molecule has 5 rings (SSSR count). The fraction of sp³-hybridized carbons (Fsp3) is 0.267. The van der Waals surface area contributed by atoms with Crippen LogP contribution in [-0.4, -0.2) is 23.0 Å². The number of amides is 1. The standard InChI is InChI=1S/C30H25F4NO4/c31-21-10-7-18(8-11-21)17-39-27-13-9-20(30(32,33)34)16-25(27)23-5-2-6-24(23)26-12-14-28(36)35(26)22-4-1-3-19(15-22)29(37)38/h1,3-4,7-11,13,15-16,26H,2,5-6,12,14,17H2,(H,37,38). The third kappa shape index (κ3) is 5.53. The maximum atomic E-state index is 13.7. The number of rotatable bonds is 7. The van der Waals surface area contributed by atoms with E-state index >= 15 is 0 Å². The van der Waals surface area contributed by atoms with Crippen LogP contribution in [0, 0.1) is 5.82 Å². The number of carbonyl (C=O) groups is 2. The van der Waals surface area contributed by atoms with Crippen LogP contribution in [0.3, 0.4) is 0 Å². The van der Waals surface area contributed by atoms with Gasteiger partial charge in [-0.25, -0.2) is 9.18 Å². The number of benzene rings is 3. The van der Waals surface area contributed by atoms with Crippen molar-refractivity contribution in [2.75, 3.05) is 4.90 Å². The number of carboxylic acids is 1. The lowest BCUT2D eigenvalue weighted by molar-refractivity contribution is -0.137. The summed E-state index contributed by atoms with van der Waals surface area (Å²) in [5.41, 5.74) is 2.21. The van der Waals surface area contributed by atoms with E-state index in [4.69, 9.17) is 4.74 Å². The third-order valence-electron chi connectivity index (χ3n) is 7.19. The highest BCUT2D eigenvalue weighted by atomic mass is 19.4. The highest BCUT2D eigenvalue weighted by Crippen LogP contribution is 2.45. The Morgan fingerprint density at radius 3 is 2.49 bits per heavy atom. The summed E-state index contributed by atoms with van der Waals surface area (Å²) in [4.78, 5) is 26.0. The first kappa shape index (κ1) is 26.5. The van der Waals surface area contributed by atoms with Crippen LogP contribution >= 0.6 is 0 Å². The van der Waals surface area contributed by atoms with Crippen molar-refractivity contribution >= 4 is 23.1 Å². The Kier molecular flexibility index (Phi) is 7.16. The van der Waals surface area contributed by atoms with Crippen molar-refractivity contribution in [3.05, 3.63) is 100 Å². The van der Waals surface area contributed by atoms with Gasteiger partial charge in [-0.15, -0.1) is 0 Å². The fourth-order valence-electron chi connectivity index (χ4n) is 5.38. The van der Waals surface area contributed by atoms with Crippen LogP contribution in [0.15, 0.2) is 72.3 Å². The largest absolute Gasteiger partial charge is 0.488 e. The zero-order valence-electron chi connectivity index (χ0n) is 20.8. The van der Waals surface area contributed by atoms with Crippen molar-refractivity contribution in [2.45, 2.75) is 50.9 Å². The second-order valence-electron chi connectivity index (χ2n) is 9.65. The van der Waals surface area contributed by atoms with E-state index in [0.717, 1.165) is 17.7 Å². The Hall–Kier alpha value is -4.14. The minimum Gasteiger partial charge on any atom is -0.488 e. The van der Waals surface area contributed by atoms with Crippen LogP contribution < -0.4 is 9.64 Å². The molecule has 202 valence electrons. The van der Waals surface area contributed by atoms with Gasteiger partial charge in [-0.05, 0) is 90.9 Å². The monoisotopic (exact) mass is 539 g/mol. The van der Waals surface area contributed by atoms with E-state index in [1.54, 1.807) is 29.2 Å². The number of ether oxygens (including phenoxy) is 1. The van der Waals surface area contributed by atoms with Gasteiger partial charge in [0.25, 0.3) is 0 Å². The van der Waals surface area contributed by atoms with Crippen LogP contribution in [0.4, 0.5) is 23.2 Å². The molecule has 1 heterocycles. The molecule has 2 aliphatic rings. The number of carboxylic acid groups (broad SMARTS) is 1. The second-order valence-corrected chi connectivity index (χ2v) is 9.65. The van der Waals surface area contributed by atoms with Gasteiger partial charge in [0.1, 0.15) is 18.2 Å². The lowest BCUT2D eigenvalue weighted by Gasteiger charge is -2.28. The summed E-state index contributed by atoms with van der Waals surface area (Å²) in [6.45, 7) is 0.0390. The fourth-order valence-corrected chi connectivity index (χ4v) is 5.38. The molecule has 0 aromatic heterocycles. The van der Waals surface area contributed by atoms with Gasteiger partial charge >= 0.3 is 12.1 Å². The van der Waals surface area contributed by atoms with Crippen molar-refractivity contribution < 1.29 is 37.0 Å². The predicted octanol–water partition coefficient (Wildman–Crippen LogP) is 7.25. The molecule has 1 N–H and O–H groups in total. The Labute approximate surface area is 222 Å². The number of hydrogen-bond acceptors (Lipinski definition) is 3. The van der Waals surface area contributed by atoms with Crippen molar-refractivity contribution in [1.82, 2.24) is 0 Å². The van der Waals surface area contributed by atoms with E-state index in [1.807, 2.05) is 0 Å². The molecule has 1 atom stereocenters. The van der Waals surface area contributed by atoms with E-state index < -0.39 is 29.6 Å². The number of alkyl halides is 3. The zero-order chi connectivity index (χ0) is 27.7. The Bertz CT molecular complexity index is 1450. The van der Waals surface area contributed by atoms with Crippen LogP contribution in [0.25, 0.3) is 5.57 Å². The molecule has 1 saturated heterocycles. The van der Waals surface area contributed by atoms with Crippen LogP contribution in [0.2, 0.25) is 0 Å². The molecule has 0 saturated carbocycles. The van der Waals surface area contributed by atoms with Crippen LogP contribution in [-0.2, 0) is 17.6 Å². The van der Waals surface area contributed by atoms with Crippen molar-refractivity contribution in [2.24, 2.45) is 0 Å². The van der Waals surface area contributed by atoms with Crippen LogP contribution in [0.5, 0.6) is 5.75 Å². The van der Waals surface area contributed by atoms with Crippen molar-refractivity contribution in [3.8, 4) is 5.75 Å². The third-order valence-corrected chi connectivity index (χ3v) is 7.19. The number of carbonyl (C=O) groups excluding carboxylic acids is 1. The number of hydrogen-bond donors (Lipinski definition) is 1. The number of halogens is 4. The van der Waals surface area contributed by atoms with Gasteiger partial charge in [-0.1, -0.05) is 18.2 Å². The molecule has 3 aromatic rings. The first-order valence-electron chi connectivity index (χ1n) is 12.6. The Balaban J connectivity index is 1.55. The Morgan fingerprint density at radius 1 is 1.00 bits per heavy atom. The molecule has 1 unspecified atom stereocenters. The predicted molar refractivity (Wildman–Crippen MR) is 137 cm³/mol. The lowest BCUT2D eigenvalue weighted by Crippen LogP contribution is -2.34. The molecule has 1 aliphatic carbocycles. The normalized spacial score (nSPS) is 17.7. The van der Waals surface area contributed by atoms with Gasteiger partial charge in [0.05, 0.1) is 17.2 Å². The molecule has 0 bridgehead atoms. The van der Waals surface area contributed by atoms with E-state index in [2.05, 4.69) is 0 Å². The van der Waals surface area contributed by atoms with E-state index in [9.17, 15) is 32.3 Å².